The summed E-state index contributed by atoms with van der Waals surface area (Å²) in [4.78, 5) is 57.3. The second-order valence-corrected chi connectivity index (χ2v) is 48.8. The van der Waals surface area contributed by atoms with Crippen molar-refractivity contribution in [3.63, 3.8) is 0 Å². The monoisotopic (exact) mass is 2140 g/mol. The van der Waals surface area contributed by atoms with Gasteiger partial charge in [-0.05, 0) is 267 Å². The van der Waals surface area contributed by atoms with E-state index in [-0.39, 0.29) is 104 Å². The summed E-state index contributed by atoms with van der Waals surface area (Å²) in [6, 6.07) is 49.2. The molecule has 0 fully saturated rings. The number of sulfone groups is 5. The molecule has 0 unspecified atom stereocenters. The van der Waals surface area contributed by atoms with Crippen molar-refractivity contribution in [2.24, 2.45) is 0 Å². The fourth-order valence-corrected chi connectivity index (χ4v) is 29.1. The number of halogens is 7. The molecule has 147 heavy (non-hydrogen) atoms. The molecule has 0 bridgehead atoms. The predicted molar refractivity (Wildman–Crippen MR) is 539 cm³/mol. The Bertz CT molecular complexity index is 9070. The summed E-state index contributed by atoms with van der Waals surface area (Å²) in [5, 5.41) is 51.4. The lowest BCUT2D eigenvalue weighted by atomic mass is 9.85. The van der Waals surface area contributed by atoms with E-state index in [9.17, 15) is 126 Å². The molecule has 10 heterocycles. The maximum atomic E-state index is 14.2. The highest BCUT2D eigenvalue weighted by atomic mass is 35.5. The zero-order valence-corrected chi connectivity index (χ0v) is 84.9. The van der Waals surface area contributed by atoms with E-state index in [1.165, 1.54) is 112 Å². The number of carbonyl (C=O) groups is 5. The highest BCUT2D eigenvalue weighted by Gasteiger charge is 2.42. The van der Waals surface area contributed by atoms with E-state index in [1.807, 2.05) is 52.8 Å². The van der Waals surface area contributed by atoms with Crippen LogP contribution in [0.2, 0.25) is 5.02 Å². The summed E-state index contributed by atoms with van der Waals surface area (Å²) in [5.41, 5.74) is 16.3. The van der Waals surface area contributed by atoms with Crippen molar-refractivity contribution in [2.75, 3.05) is 17.8 Å². The highest BCUT2D eigenvalue weighted by Crippen LogP contribution is 2.48. The minimum atomic E-state index is -3.94. The van der Waals surface area contributed by atoms with Gasteiger partial charge in [0.2, 0.25) is 29.7 Å². The lowest BCUT2D eigenvalue weighted by Crippen LogP contribution is -2.19. The van der Waals surface area contributed by atoms with Crippen molar-refractivity contribution < 1.29 is 126 Å². The molecule has 41 heteroatoms. The van der Waals surface area contributed by atoms with Crippen LogP contribution in [0.5, 0.6) is 0 Å². The Kier molecular flexibility index (Phi) is 27.4. The van der Waals surface area contributed by atoms with Crippen LogP contribution in [0, 0.1) is 69.5 Å². The average Bonchev–Trinajstić information content (AvgIpc) is 1.57. The normalized spacial score (nSPS) is 15.3. The number of hydrogen-bond donors (Lipinski definition) is 6. The first kappa shape index (κ1) is 104. The predicted octanol–water partition coefficient (Wildman–Crippen LogP) is 18.0. The Morgan fingerprint density at radius 3 is 1.16 bits per heavy atom. The van der Waals surface area contributed by atoms with Crippen molar-refractivity contribution in [3.05, 3.63) is 352 Å². The van der Waals surface area contributed by atoms with E-state index in [4.69, 9.17) is 11.6 Å². The van der Waals surface area contributed by atoms with Gasteiger partial charge in [0, 0.05) is 150 Å². The Morgan fingerprint density at radius 2 is 0.748 bits per heavy atom. The number of nitrogens with one attached hydrogen (secondary N) is 1. The summed E-state index contributed by atoms with van der Waals surface area (Å²) in [6.07, 6.45) is 2.87. The number of aliphatic carboxylic acids is 5. The fourth-order valence-electron chi connectivity index (χ4n) is 20.3. The van der Waals surface area contributed by atoms with Crippen molar-refractivity contribution in [2.45, 2.75) is 148 Å². The van der Waals surface area contributed by atoms with Crippen molar-refractivity contribution >= 4 is 166 Å². The van der Waals surface area contributed by atoms with Crippen molar-refractivity contribution in [1.82, 2.24) is 27.6 Å². The molecule has 5 aromatic heterocycles. The molecule has 5 aliphatic rings. The van der Waals surface area contributed by atoms with Gasteiger partial charge in [0.25, 0.3) is 0 Å². The van der Waals surface area contributed by atoms with Crippen LogP contribution in [0.4, 0.5) is 26.3 Å². The van der Waals surface area contributed by atoms with Crippen LogP contribution in [-0.4, -0.2) is 146 Å². The molecule has 0 spiro atoms. The summed E-state index contributed by atoms with van der Waals surface area (Å²) < 4.78 is 242. The summed E-state index contributed by atoms with van der Waals surface area (Å²) in [7, 11) is -21.3. The van der Waals surface area contributed by atoms with Crippen LogP contribution >= 0.6 is 11.6 Å². The molecule has 0 atom stereocenters. The number of rotatable bonds is 20. The van der Waals surface area contributed by atoms with E-state index >= 15 is 0 Å². The number of aromatic nitrogens is 5. The first-order valence-electron chi connectivity index (χ1n) is 45.2. The molecule has 21 rings (SSSR count). The summed E-state index contributed by atoms with van der Waals surface area (Å²) in [5.74, 6) is -7.64. The first-order chi connectivity index (χ1) is 69.0. The van der Waals surface area contributed by atoms with E-state index in [0.717, 1.165) is 90.8 Å². The number of carboxylic acid groups (broad SMARTS) is 5. The number of aryl methyl sites for hydroxylation is 1. The Labute approximate surface area is 843 Å². The number of carboxylic acids is 5. The van der Waals surface area contributed by atoms with Crippen LogP contribution in [0.15, 0.2) is 240 Å². The van der Waals surface area contributed by atoms with Crippen LogP contribution in [0.25, 0.3) is 76.8 Å². The van der Waals surface area contributed by atoms with E-state index in [1.54, 1.807) is 94.3 Å². The average molecular weight is 2140 g/mol. The minimum absolute atomic E-state index is 0.0234. The Hall–Kier alpha value is -14.5. The molecule has 28 nitrogen and oxygen atoms in total. The van der Waals surface area contributed by atoms with Crippen LogP contribution in [0.1, 0.15) is 115 Å². The van der Waals surface area contributed by atoms with Gasteiger partial charge in [-0.3, -0.25) is 24.0 Å². The van der Waals surface area contributed by atoms with Gasteiger partial charge in [0.1, 0.15) is 67.6 Å². The third-order valence-corrected chi connectivity index (χ3v) is 36.7. The minimum Gasteiger partial charge on any atom is -0.480 e. The number of hydrogen-bond acceptors (Lipinski definition) is 17. The fraction of sp³-hybridized carbons (Fsp3) is 0.198. The van der Waals surface area contributed by atoms with E-state index < -0.39 is 112 Å². The summed E-state index contributed by atoms with van der Waals surface area (Å²) in [6.45, 7) is 11.5. The third kappa shape index (κ3) is 20.3. The number of sulfonamides is 1. The molecule has 0 aliphatic carbocycles. The third-order valence-electron chi connectivity index (χ3n) is 26.9. The molecule has 0 radical (unpaired) electrons. The van der Waals surface area contributed by atoms with Gasteiger partial charge in [-0.1, -0.05) is 80.0 Å². The van der Waals surface area contributed by atoms with Crippen LogP contribution < -0.4 is 4.72 Å². The zero-order valence-electron chi connectivity index (χ0n) is 79.2. The van der Waals surface area contributed by atoms with Gasteiger partial charge in [0.15, 0.2) is 29.5 Å². The Morgan fingerprint density at radius 1 is 0.381 bits per heavy atom. The quantitative estimate of drug-likeness (QED) is 0.0386. The molecular formula is C106H89ClF6N6O22S6. The van der Waals surface area contributed by atoms with Crippen LogP contribution in [0.3, 0.4) is 0 Å². The first-order valence-corrected chi connectivity index (χ1v) is 55.3. The molecule has 0 amide bonds. The van der Waals surface area contributed by atoms with Gasteiger partial charge in [-0.25, -0.2) is 81.6 Å². The van der Waals surface area contributed by atoms with Crippen LogP contribution in [-0.2, 0) is 154 Å². The molecule has 6 N–H and O–H groups in total. The number of nitrogens with zero attached hydrogens (tertiary/aromatic N) is 5. The smallest absolute Gasteiger partial charge is 0.323 e. The topological polar surface area (TPSA) is 428 Å². The lowest BCUT2D eigenvalue weighted by Gasteiger charge is -2.17. The van der Waals surface area contributed by atoms with Gasteiger partial charge in [0.05, 0.1) is 40.9 Å². The summed E-state index contributed by atoms with van der Waals surface area (Å²) >= 11 is 5.96. The molecule has 0 saturated carbocycles. The standard InChI is InChI=1S/C25H16ClF2NO4S.C22H22FNO4S.C20H16FNO6S2.C20H18FNO4S.C19H17FN2O4S/c1-13-25(20-10-17(27)3-5-22(20)29(13)11-24(30)31)21-12-34(32,33)23-8-14(2-4-19(21)23)15-6-16(26)9-18(28)7-15;1-13-16(17-10-15(23)5-6-19(17)24(13)11-21(25)26)8-14-4-7-20-18(9-14)22(2,3)12-29(20,27)28;1-11-20(15-7-12(21)3-6-17(15)22(11)9-19(23)24)16-10-30(27,28)18-8-13(29(2,25)26)4-5-14(16)18;1-12-16(9-13-2-5-19-14(8-13)6-7-27(19,25)26)17-10-15(21)3-4-18(17)22(12)11-20(23)24;1-11-15(7-12-2-5-18-13(6-12)9-21-27(18,25)26)16-8-14(20)3-4-17(16)22(11)10-19(23)24/h2-10,12H,11H2,1H3,(H,30,31);4-7,9-10H,8,11-12H2,1-3H3,(H,25,26);3-8,10H,9H2,1-2H3,(H,23,24);2-5,8,10H,6-7,9,11H2,1H3,(H,23,24);2-6,8,21H,7,9-10H2,1H3,(H,23,24). The lowest BCUT2D eigenvalue weighted by molar-refractivity contribution is -0.138. The second kappa shape index (κ2) is 38.7. The highest BCUT2D eigenvalue weighted by molar-refractivity contribution is 7.95. The molecule has 760 valence electrons. The second-order valence-electron chi connectivity index (χ2n) is 37.1. The van der Waals surface area contributed by atoms with Crippen molar-refractivity contribution in [1.29, 1.82) is 0 Å². The molecular weight excluding hydrogens is 2050 g/mol. The SMILES string of the molecule is Cc1c(C2=CS(=O)(=O)c3cc(-c4cc(F)cc(Cl)c4)ccc32)c2cc(F)ccc2n1CC(=O)O.Cc1c(C2=CS(=O)(=O)c3cc(S(C)(=O)=O)ccc32)c2cc(F)ccc2n1CC(=O)O.Cc1c(Cc2ccc3c(c2)C(C)(C)CS3(=O)=O)c2cc(F)ccc2n1CC(=O)O.Cc1c(Cc2ccc3c(c2)CCS3(=O)=O)c2cc(F)ccc2n1CC(=O)O.Cc1c(Cc2ccc3c(c2)CNS3(=O)=O)c2cc(F)ccc2n1CC(=O)O. The number of benzene rings is 11. The van der Waals surface area contributed by atoms with Gasteiger partial charge >= 0.3 is 29.8 Å². The number of fused-ring (bicyclic) bond motifs is 10. The zero-order chi connectivity index (χ0) is 106. The van der Waals surface area contributed by atoms with E-state index in [0.29, 0.717) is 140 Å². The largest absolute Gasteiger partial charge is 0.480 e. The van der Waals surface area contributed by atoms with Crippen molar-refractivity contribution in [3.8, 4) is 11.1 Å². The molecule has 0 saturated heterocycles. The Balaban J connectivity index is 0.000000126. The molecule has 11 aromatic carbocycles. The maximum Gasteiger partial charge on any atom is 0.323 e. The van der Waals surface area contributed by atoms with E-state index in [2.05, 4.69) is 4.72 Å². The van der Waals surface area contributed by atoms with Gasteiger partial charge in [-0.2, -0.15) is 0 Å². The molecule has 5 aliphatic heterocycles. The van der Waals surface area contributed by atoms with Gasteiger partial charge in [-0.15, -0.1) is 0 Å². The molecule has 16 aromatic rings. The maximum absolute atomic E-state index is 14.2. The van der Waals surface area contributed by atoms with Gasteiger partial charge < -0.3 is 48.4 Å².